The molecule has 0 bridgehead atoms. The molecule has 18 heavy (non-hydrogen) atoms. The van der Waals surface area contributed by atoms with Crippen molar-refractivity contribution in [1.29, 1.82) is 5.26 Å². The van der Waals surface area contributed by atoms with E-state index >= 15 is 0 Å². The molecule has 0 saturated carbocycles. The molecule has 1 aromatic rings. The molecular formula is C13H17N3O2. The summed E-state index contributed by atoms with van der Waals surface area (Å²) in [5.74, 6) is -0.101. The minimum absolute atomic E-state index is 0.0577. The summed E-state index contributed by atoms with van der Waals surface area (Å²) in [5, 5.41) is 8.61. The first-order valence-electron chi connectivity index (χ1n) is 5.89. The molecule has 1 heterocycles. The summed E-state index contributed by atoms with van der Waals surface area (Å²) in [7, 11) is 0. The zero-order chi connectivity index (χ0) is 13.2. The number of pyridine rings is 1. The number of rotatable bonds is 7. The number of nitrogens with zero attached hydrogens (tertiary/aromatic N) is 3. The fourth-order valence-corrected chi connectivity index (χ4v) is 1.47. The lowest BCUT2D eigenvalue weighted by atomic mass is 10.2. The van der Waals surface area contributed by atoms with E-state index in [1.54, 1.807) is 17.3 Å². The molecule has 0 spiro atoms. The first-order valence-corrected chi connectivity index (χ1v) is 5.89. The summed E-state index contributed by atoms with van der Waals surface area (Å²) in [4.78, 5) is 17.5. The van der Waals surface area contributed by atoms with Gasteiger partial charge in [0.05, 0.1) is 12.5 Å². The number of aromatic nitrogens is 1. The van der Waals surface area contributed by atoms with Gasteiger partial charge >= 0.3 is 0 Å². The summed E-state index contributed by atoms with van der Waals surface area (Å²) in [6, 6.07) is 5.77. The van der Waals surface area contributed by atoms with Crippen molar-refractivity contribution < 1.29 is 9.53 Å². The van der Waals surface area contributed by atoms with Gasteiger partial charge in [-0.15, -0.1) is 0 Å². The molecule has 0 aliphatic rings. The molecule has 0 atom stereocenters. The fourth-order valence-electron chi connectivity index (χ4n) is 1.47. The second-order valence-corrected chi connectivity index (χ2v) is 3.72. The molecule has 1 amide bonds. The van der Waals surface area contributed by atoms with E-state index in [4.69, 9.17) is 10.00 Å². The van der Waals surface area contributed by atoms with Crippen LogP contribution in [0.15, 0.2) is 24.5 Å². The Morgan fingerprint density at radius 1 is 1.61 bits per heavy atom. The van der Waals surface area contributed by atoms with E-state index in [2.05, 4.69) is 4.98 Å². The van der Waals surface area contributed by atoms with Gasteiger partial charge < -0.3 is 9.64 Å². The Labute approximate surface area is 107 Å². The molecule has 0 radical (unpaired) electrons. The topological polar surface area (TPSA) is 66.2 Å². The minimum atomic E-state index is -0.101. The lowest BCUT2D eigenvalue weighted by Crippen LogP contribution is -2.34. The summed E-state index contributed by atoms with van der Waals surface area (Å²) >= 11 is 0. The van der Waals surface area contributed by atoms with Crippen molar-refractivity contribution in [3.8, 4) is 6.07 Å². The molecule has 0 fully saturated rings. The zero-order valence-corrected chi connectivity index (χ0v) is 10.5. The third kappa shape index (κ3) is 4.93. The predicted octanol–water partition coefficient (Wildman–Crippen LogP) is 1.36. The van der Waals surface area contributed by atoms with Crippen LogP contribution < -0.4 is 0 Å². The van der Waals surface area contributed by atoms with Gasteiger partial charge in [-0.1, -0.05) is 6.07 Å². The largest absolute Gasteiger partial charge is 0.372 e. The van der Waals surface area contributed by atoms with E-state index in [-0.39, 0.29) is 12.5 Å². The van der Waals surface area contributed by atoms with Crippen molar-refractivity contribution in [2.45, 2.75) is 19.9 Å². The quantitative estimate of drug-likeness (QED) is 0.729. The Bertz CT molecular complexity index is 400. The fraction of sp³-hybridized carbons (Fsp3) is 0.462. The molecule has 0 unspecified atom stereocenters. The first kappa shape index (κ1) is 14.1. The first-order chi connectivity index (χ1) is 8.77. The van der Waals surface area contributed by atoms with Crippen molar-refractivity contribution in [1.82, 2.24) is 9.88 Å². The standard InChI is InChI=1S/C13H17N3O2/c1-2-18-11-13(17)16(8-4-6-14)10-12-5-3-7-15-9-12/h3,5,7,9H,2,4,8,10-11H2,1H3. The highest BCUT2D eigenvalue weighted by atomic mass is 16.5. The van der Waals surface area contributed by atoms with Gasteiger partial charge in [-0.05, 0) is 18.6 Å². The number of amides is 1. The van der Waals surface area contributed by atoms with Crippen molar-refractivity contribution in [3.05, 3.63) is 30.1 Å². The molecule has 0 saturated heterocycles. The van der Waals surface area contributed by atoms with Gasteiger partial charge in [-0.25, -0.2) is 0 Å². The molecule has 1 aromatic heterocycles. The predicted molar refractivity (Wildman–Crippen MR) is 66.4 cm³/mol. The van der Waals surface area contributed by atoms with Crippen LogP contribution in [-0.4, -0.2) is 35.5 Å². The van der Waals surface area contributed by atoms with Gasteiger partial charge in [0, 0.05) is 32.1 Å². The van der Waals surface area contributed by atoms with Crippen LogP contribution >= 0.6 is 0 Å². The summed E-state index contributed by atoms with van der Waals surface area (Å²) < 4.78 is 5.10. The molecular weight excluding hydrogens is 230 g/mol. The van der Waals surface area contributed by atoms with E-state index < -0.39 is 0 Å². The third-order valence-corrected chi connectivity index (χ3v) is 2.37. The highest BCUT2D eigenvalue weighted by Gasteiger charge is 2.13. The number of ether oxygens (including phenoxy) is 1. The second-order valence-electron chi connectivity index (χ2n) is 3.72. The third-order valence-electron chi connectivity index (χ3n) is 2.37. The molecule has 0 N–H and O–H groups in total. The summed E-state index contributed by atoms with van der Waals surface area (Å²) in [5.41, 5.74) is 0.945. The van der Waals surface area contributed by atoms with Crippen LogP contribution in [0.5, 0.6) is 0 Å². The smallest absolute Gasteiger partial charge is 0.248 e. The van der Waals surface area contributed by atoms with E-state index in [9.17, 15) is 4.79 Å². The Morgan fingerprint density at radius 2 is 2.44 bits per heavy atom. The number of hydrogen-bond acceptors (Lipinski definition) is 4. The Balaban J connectivity index is 2.60. The number of carbonyl (C=O) groups excluding carboxylic acids is 1. The van der Waals surface area contributed by atoms with Crippen molar-refractivity contribution in [2.75, 3.05) is 19.8 Å². The Hall–Kier alpha value is -1.93. The van der Waals surface area contributed by atoms with Crippen LogP contribution in [0.25, 0.3) is 0 Å². The molecule has 0 aliphatic carbocycles. The maximum atomic E-state index is 11.9. The Morgan fingerprint density at radius 3 is 3.06 bits per heavy atom. The van der Waals surface area contributed by atoms with Gasteiger partial charge in [-0.3, -0.25) is 9.78 Å². The average molecular weight is 247 g/mol. The molecule has 0 aromatic carbocycles. The van der Waals surface area contributed by atoms with Gasteiger partial charge in [0.15, 0.2) is 0 Å². The second kappa shape index (κ2) is 8.20. The van der Waals surface area contributed by atoms with Crippen LogP contribution in [0.2, 0.25) is 0 Å². The lowest BCUT2D eigenvalue weighted by molar-refractivity contribution is -0.136. The summed E-state index contributed by atoms with van der Waals surface area (Å²) in [6.07, 6.45) is 3.72. The normalized spacial score (nSPS) is 9.78. The van der Waals surface area contributed by atoms with E-state index in [0.29, 0.717) is 26.1 Å². The van der Waals surface area contributed by atoms with Crippen molar-refractivity contribution in [2.24, 2.45) is 0 Å². The molecule has 1 rings (SSSR count). The van der Waals surface area contributed by atoms with Gasteiger partial charge in [0.2, 0.25) is 5.91 Å². The number of hydrogen-bond donors (Lipinski definition) is 0. The molecule has 96 valence electrons. The maximum Gasteiger partial charge on any atom is 0.248 e. The zero-order valence-electron chi connectivity index (χ0n) is 10.5. The SMILES string of the molecule is CCOCC(=O)N(CCC#N)Cc1cccnc1. The highest BCUT2D eigenvalue weighted by Crippen LogP contribution is 2.04. The van der Waals surface area contributed by atoms with Gasteiger partial charge in [-0.2, -0.15) is 5.26 Å². The highest BCUT2D eigenvalue weighted by molar-refractivity contribution is 5.77. The van der Waals surface area contributed by atoms with Crippen LogP contribution in [-0.2, 0) is 16.1 Å². The molecule has 5 nitrogen and oxygen atoms in total. The van der Waals surface area contributed by atoms with Gasteiger partial charge in [0.25, 0.3) is 0 Å². The van der Waals surface area contributed by atoms with E-state index in [0.717, 1.165) is 5.56 Å². The van der Waals surface area contributed by atoms with Crippen molar-refractivity contribution >= 4 is 5.91 Å². The monoisotopic (exact) mass is 247 g/mol. The van der Waals surface area contributed by atoms with Crippen LogP contribution in [0.1, 0.15) is 18.9 Å². The minimum Gasteiger partial charge on any atom is -0.372 e. The number of carbonyl (C=O) groups is 1. The Kier molecular flexibility index (Phi) is 6.44. The average Bonchev–Trinajstić information content (AvgIpc) is 2.42. The number of nitriles is 1. The maximum absolute atomic E-state index is 11.9. The van der Waals surface area contributed by atoms with E-state index in [1.807, 2.05) is 25.1 Å². The van der Waals surface area contributed by atoms with Crippen LogP contribution in [0.4, 0.5) is 0 Å². The summed E-state index contributed by atoms with van der Waals surface area (Å²) in [6.45, 7) is 3.28. The van der Waals surface area contributed by atoms with Gasteiger partial charge in [0.1, 0.15) is 6.61 Å². The van der Waals surface area contributed by atoms with Crippen LogP contribution in [0, 0.1) is 11.3 Å². The molecule has 0 aliphatic heterocycles. The molecule has 5 heteroatoms. The van der Waals surface area contributed by atoms with E-state index in [1.165, 1.54) is 0 Å². The van der Waals surface area contributed by atoms with Crippen LogP contribution in [0.3, 0.4) is 0 Å². The van der Waals surface area contributed by atoms with Crippen molar-refractivity contribution in [3.63, 3.8) is 0 Å². The lowest BCUT2D eigenvalue weighted by Gasteiger charge is -2.21.